The number of rotatable bonds is 2. The molecular weight excluding hydrogens is 354 g/mol. The Morgan fingerprint density at radius 1 is 0.621 bits per heavy atom. The van der Waals surface area contributed by atoms with Crippen molar-refractivity contribution < 1.29 is 0 Å². The van der Waals surface area contributed by atoms with Gasteiger partial charge in [0.25, 0.3) is 0 Å². The molecule has 1 aromatic heterocycles. The summed E-state index contributed by atoms with van der Waals surface area (Å²) in [6.07, 6.45) is 0.916. The molecule has 1 aliphatic rings. The normalized spacial score (nSPS) is 12.5. The van der Waals surface area contributed by atoms with Gasteiger partial charge < -0.3 is 0 Å². The Labute approximate surface area is 171 Å². The first-order chi connectivity index (χ1) is 14.0. The van der Waals surface area contributed by atoms with Crippen LogP contribution in [-0.2, 0) is 11.8 Å². The summed E-state index contributed by atoms with van der Waals surface area (Å²) in [5.74, 6) is 2.30. The van der Waals surface area contributed by atoms with Crippen molar-refractivity contribution in [1.29, 1.82) is 0 Å². The molecule has 3 nitrogen and oxygen atoms in total. The summed E-state index contributed by atoms with van der Waals surface area (Å²) in [4.78, 5) is 14.6. The summed E-state index contributed by atoms with van der Waals surface area (Å²) >= 11 is 0. The summed E-state index contributed by atoms with van der Waals surface area (Å²) < 4.78 is 0. The van der Waals surface area contributed by atoms with E-state index >= 15 is 0 Å². The molecule has 0 N–H and O–H groups in total. The monoisotopic (exact) mass is 377 g/mol. The van der Waals surface area contributed by atoms with E-state index in [0.29, 0.717) is 0 Å². The van der Waals surface area contributed by atoms with E-state index in [1.54, 1.807) is 0 Å². The van der Waals surface area contributed by atoms with Crippen LogP contribution in [0, 0.1) is 0 Å². The molecule has 1 heterocycles. The first kappa shape index (κ1) is 17.7. The molecule has 29 heavy (non-hydrogen) atoms. The maximum absolute atomic E-state index is 4.92. The largest absolute Gasteiger partial charge is 0.212 e. The minimum atomic E-state index is -0.165. The number of fused-ring (bicyclic) bond motifs is 3. The Bertz CT molecular complexity index is 1200. The van der Waals surface area contributed by atoms with Gasteiger partial charge in [-0.15, -0.1) is 0 Å². The molecule has 4 aromatic rings. The van der Waals surface area contributed by atoms with Crippen molar-refractivity contribution >= 4 is 0 Å². The van der Waals surface area contributed by atoms with Crippen LogP contribution in [0.5, 0.6) is 0 Å². The van der Waals surface area contributed by atoms with Crippen molar-refractivity contribution in [2.24, 2.45) is 0 Å². The summed E-state index contributed by atoms with van der Waals surface area (Å²) in [6.45, 7) is 6.43. The van der Waals surface area contributed by atoms with Gasteiger partial charge in [0.05, 0.1) is 0 Å². The van der Waals surface area contributed by atoms with Gasteiger partial charge in [0.1, 0.15) is 5.82 Å². The first-order valence-electron chi connectivity index (χ1n) is 10.0. The summed E-state index contributed by atoms with van der Waals surface area (Å²) in [5, 5.41) is 0. The molecule has 0 aliphatic heterocycles. The van der Waals surface area contributed by atoms with Gasteiger partial charge in [-0.1, -0.05) is 93.6 Å². The molecule has 0 amide bonds. The lowest BCUT2D eigenvalue weighted by Crippen LogP contribution is -2.18. The third-order valence-electron chi connectivity index (χ3n) is 5.43. The summed E-state index contributed by atoms with van der Waals surface area (Å²) in [7, 11) is 0. The van der Waals surface area contributed by atoms with Crippen LogP contribution in [-0.4, -0.2) is 15.0 Å². The molecule has 3 aromatic carbocycles. The first-order valence-corrected chi connectivity index (χ1v) is 10.0. The van der Waals surface area contributed by atoms with Crippen molar-refractivity contribution in [3.63, 3.8) is 0 Å². The van der Waals surface area contributed by atoms with Gasteiger partial charge in [-0.25, -0.2) is 15.0 Å². The molecule has 0 bridgehead atoms. The zero-order valence-corrected chi connectivity index (χ0v) is 17.0. The minimum Gasteiger partial charge on any atom is -0.212 e. The molecule has 0 radical (unpaired) electrons. The molecule has 0 fully saturated rings. The fourth-order valence-electron chi connectivity index (χ4n) is 3.91. The van der Waals surface area contributed by atoms with Crippen LogP contribution in [0.1, 0.15) is 37.7 Å². The zero-order chi connectivity index (χ0) is 20.0. The Kier molecular flexibility index (Phi) is 4.06. The summed E-state index contributed by atoms with van der Waals surface area (Å²) in [5.41, 5.74) is 7.22. The van der Waals surface area contributed by atoms with E-state index in [1.807, 2.05) is 18.2 Å². The maximum Gasteiger partial charge on any atom is 0.164 e. The predicted molar refractivity (Wildman–Crippen MR) is 118 cm³/mol. The Morgan fingerprint density at radius 2 is 1.28 bits per heavy atom. The van der Waals surface area contributed by atoms with Gasteiger partial charge >= 0.3 is 0 Å². The van der Waals surface area contributed by atoms with Crippen molar-refractivity contribution in [3.8, 4) is 33.9 Å². The average Bonchev–Trinajstić information content (AvgIpc) is 3.12. The van der Waals surface area contributed by atoms with Gasteiger partial charge in [0, 0.05) is 16.5 Å². The average molecular weight is 377 g/mol. The molecule has 1 aliphatic carbocycles. The second-order valence-electron chi connectivity index (χ2n) is 8.59. The van der Waals surface area contributed by atoms with Crippen LogP contribution in [0.25, 0.3) is 33.9 Å². The number of nitrogens with zero attached hydrogens (tertiary/aromatic N) is 3. The molecule has 5 rings (SSSR count). The molecule has 0 saturated carbocycles. The van der Waals surface area contributed by atoms with Crippen molar-refractivity contribution in [2.45, 2.75) is 32.6 Å². The van der Waals surface area contributed by atoms with E-state index in [-0.39, 0.29) is 5.41 Å². The molecule has 0 unspecified atom stereocenters. The zero-order valence-electron chi connectivity index (χ0n) is 17.0. The van der Waals surface area contributed by atoms with Crippen LogP contribution in [0.3, 0.4) is 0 Å². The highest BCUT2D eigenvalue weighted by Crippen LogP contribution is 2.41. The van der Waals surface area contributed by atoms with Crippen LogP contribution < -0.4 is 0 Å². The minimum absolute atomic E-state index is 0.165. The third-order valence-corrected chi connectivity index (χ3v) is 5.43. The maximum atomic E-state index is 4.92. The van der Waals surface area contributed by atoms with Gasteiger partial charge in [0.2, 0.25) is 0 Å². The highest BCUT2D eigenvalue weighted by molar-refractivity contribution is 5.83. The molecule has 142 valence electrons. The van der Waals surface area contributed by atoms with Gasteiger partial charge in [-0.2, -0.15) is 0 Å². The van der Waals surface area contributed by atoms with E-state index < -0.39 is 0 Å². The van der Waals surface area contributed by atoms with Gasteiger partial charge in [-0.05, 0) is 28.7 Å². The van der Waals surface area contributed by atoms with Crippen molar-refractivity contribution in [2.75, 3.05) is 0 Å². The van der Waals surface area contributed by atoms with Gasteiger partial charge in [0.15, 0.2) is 11.6 Å². The second kappa shape index (κ2) is 6.63. The smallest absolute Gasteiger partial charge is 0.164 e. The third kappa shape index (κ3) is 3.13. The molecular formula is C26H23N3. The van der Waals surface area contributed by atoms with E-state index in [4.69, 9.17) is 15.0 Å². The molecule has 0 spiro atoms. The Morgan fingerprint density at radius 3 is 2.07 bits per heavy atom. The van der Waals surface area contributed by atoms with Crippen LogP contribution in [0.15, 0.2) is 72.8 Å². The standard InChI is InChI=1S/C26H23N3/c1-26(2,3)25-28-23(17-10-5-4-6-11-17)27-24(29-25)21-15-9-14-20-19-13-8-7-12-18(19)16-22(20)21/h4-15H,16H2,1-3H3. The lowest BCUT2D eigenvalue weighted by Gasteiger charge is -2.19. The SMILES string of the molecule is CC(C)(C)c1nc(-c2ccccc2)nc(-c2cccc3c2Cc2ccccc2-3)n1. The van der Waals surface area contributed by atoms with E-state index in [9.17, 15) is 0 Å². The van der Waals surface area contributed by atoms with Crippen molar-refractivity contribution in [3.05, 3.63) is 89.7 Å². The Balaban J connectivity index is 1.72. The molecule has 0 atom stereocenters. The molecule has 3 heteroatoms. The van der Waals surface area contributed by atoms with E-state index in [2.05, 4.69) is 75.4 Å². The number of hydrogen-bond donors (Lipinski definition) is 0. The second-order valence-corrected chi connectivity index (χ2v) is 8.59. The van der Waals surface area contributed by atoms with Crippen LogP contribution >= 0.6 is 0 Å². The predicted octanol–water partition coefficient (Wildman–Crippen LogP) is 6.07. The highest BCUT2D eigenvalue weighted by Gasteiger charge is 2.25. The van der Waals surface area contributed by atoms with E-state index in [0.717, 1.165) is 35.0 Å². The fraction of sp³-hybridized carbons (Fsp3) is 0.192. The number of hydrogen-bond acceptors (Lipinski definition) is 3. The Hall–Kier alpha value is -3.33. The van der Waals surface area contributed by atoms with Gasteiger partial charge in [-0.3, -0.25) is 0 Å². The topological polar surface area (TPSA) is 38.7 Å². The van der Waals surface area contributed by atoms with Crippen molar-refractivity contribution in [1.82, 2.24) is 15.0 Å². The lowest BCUT2D eigenvalue weighted by atomic mass is 9.95. The van der Waals surface area contributed by atoms with Crippen LogP contribution in [0.2, 0.25) is 0 Å². The quantitative estimate of drug-likeness (QED) is 0.374. The number of aromatic nitrogens is 3. The number of benzene rings is 3. The van der Waals surface area contributed by atoms with Crippen LogP contribution in [0.4, 0.5) is 0 Å². The molecule has 0 saturated heterocycles. The summed E-state index contributed by atoms with van der Waals surface area (Å²) in [6, 6.07) is 25.2. The lowest BCUT2D eigenvalue weighted by molar-refractivity contribution is 0.543. The fourth-order valence-corrected chi connectivity index (χ4v) is 3.91. The van der Waals surface area contributed by atoms with E-state index in [1.165, 1.54) is 22.3 Å². The highest BCUT2D eigenvalue weighted by atomic mass is 15.0.